The van der Waals surface area contributed by atoms with E-state index in [1.165, 1.54) is 0 Å². The number of rotatable bonds is 6. The number of hydrogen-bond donors (Lipinski definition) is 1. The van der Waals surface area contributed by atoms with Gasteiger partial charge in [-0.3, -0.25) is 0 Å². The number of nitrogens with zero attached hydrogens (tertiary/aromatic N) is 2. The first-order valence-corrected chi connectivity index (χ1v) is 7.18. The highest BCUT2D eigenvalue weighted by molar-refractivity contribution is 7.14. The molecule has 0 saturated heterocycles. The summed E-state index contributed by atoms with van der Waals surface area (Å²) in [6.45, 7) is 5.37. The standard InChI is InChI=1S/C14H19N3S/c1-11(2)15-10-6-9-13-16-17-14(18-13)12-7-4-3-5-8-12/h3-5,7-8,11,15H,6,9-10H2,1-2H3. The Hall–Kier alpha value is -1.26. The first-order chi connectivity index (χ1) is 8.75. The lowest BCUT2D eigenvalue weighted by molar-refractivity contribution is 0.569. The van der Waals surface area contributed by atoms with Gasteiger partial charge in [-0.1, -0.05) is 55.5 Å². The lowest BCUT2D eigenvalue weighted by atomic mass is 10.2. The van der Waals surface area contributed by atoms with E-state index in [1.54, 1.807) is 11.3 Å². The average molecular weight is 261 g/mol. The number of benzene rings is 1. The second kappa shape index (κ2) is 6.61. The third kappa shape index (κ3) is 3.89. The van der Waals surface area contributed by atoms with Crippen LogP contribution in [0.25, 0.3) is 10.6 Å². The summed E-state index contributed by atoms with van der Waals surface area (Å²) in [5.74, 6) is 0. The predicted molar refractivity (Wildman–Crippen MR) is 76.8 cm³/mol. The maximum atomic E-state index is 4.25. The summed E-state index contributed by atoms with van der Waals surface area (Å²) in [4.78, 5) is 0. The van der Waals surface area contributed by atoms with Crippen molar-refractivity contribution in [2.24, 2.45) is 0 Å². The van der Waals surface area contributed by atoms with Crippen molar-refractivity contribution < 1.29 is 0 Å². The molecule has 0 aliphatic carbocycles. The van der Waals surface area contributed by atoms with Gasteiger partial charge in [0, 0.05) is 18.0 Å². The zero-order valence-electron chi connectivity index (χ0n) is 10.9. The Morgan fingerprint density at radius 1 is 1.17 bits per heavy atom. The molecule has 0 radical (unpaired) electrons. The van der Waals surface area contributed by atoms with E-state index in [1.807, 2.05) is 18.2 Å². The molecule has 2 aromatic rings. The van der Waals surface area contributed by atoms with Crippen molar-refractivity contribution in [1.29, 1.82) is 0 Å². The molecule has 1 N–H and O–H groups in total. The van der Waals surface area contributed by atoms with Crippen molar-refractivity contribution in [3.8, 4) is 10.6 Å². The Balaban J connectivity index is 1.87. The number of aromatic nitrogens is 2. The molecule has 0 fully saturated rings. The van der Waals surface area contributed by atoms with Crippen LogP contribution in [-0.4, -0.2) is 22.8 Å². The molecule has 1 heterocycles. The van der Waals surface area contributed by atoms with Crippen LogP contribution in [0.3, 0.4) is 0 Å². The topological polar surface area (TPSA) is 37.8 Å². The van der Waals surface area contributed by atoms with Crippen LogP contribution in [0.4, 0.5) is 0 Å². The van der Waals surface area contributed by atoms with Gasteiger partial charge in [0.05, 0.1) is 0 Å². The minimum atomic E-state index is 0.555. The van der Waals surface area contributed by atoms with E-state index in [9.17, 15) is 0 Å². The summed E-state index contributed by atoms with van der Waals surface area (Å²) in [6, 6.07) is 10.8. The first-order valence-electron chi connectivity index (χ1n) is 6.37. The van der Waals surface area contributed by atoms with Gasteiger partial charge in [0.1, 0.15) is 10.0 Å². The second-order valence-electron chi connectivity index (χ2n) is 4.58. The normalized spacial score (nSPS) is 11.1. The summed E-state index contributed by atoms with van der Waals surface area (Å²) in [5, 5.41) is 14.0. The molecule has 0 bridgehead atoms. The fourth-order valence-corrected chi connectivity index (χ4v) is 2.57. The largest absolute Gasteiger partial charge is 0.315 e. The summed E-state index contributed by atoms with van der Waals surface area (Å²) < 4.78 is 0. The van der Waals surface area contributed by atoms with E-state index >= 15 is 0 Å². The molecule has 4 heteroatoms. The van der Waals surface area contributed by atoms with E-state index in [0.29, 0.717) is 6.04 Å². The number of nitrogens with one attached hydrogen (secondary N) is 1. The van der Waals surface area contributed by atoms with Crippen LogP contribution >= 0.6 is 11.3 Å². The lowest BCUT2D eigenvalue weighted by Gasteiger charge is -2.05. The fourth-order valence-electron chi connectivity index (χ4n) is 1.68. The molecule has 0 unspecified atom stereocenters. The molecule has 0 saturated carbocycles. The maximum Gasteiger partial charge on any atom is 0.147 e. The highest BCUT2D eigenvalue weighted by atomic mass is 32.1. The van der Waals surface area contributed by atoms with Crippen molar-refractivity contribution in [2.45, 2.75) is 32.7 Å². The zero-order chi connectivity index (χ0) is 12.8. The lowest BCUT2D eigenvalue weighted by Crippen LogP contribution is -2.23. The molecule has 3 nitrogen and oxygen atoms in total. The van der Waals surface area contributed by atoms with Crippen LogP contribution in [0, 0.1) is 0 Å². The molecule has 1 aromatic heterocycles. The molecule has 0 aliphatic heterocycles. The molecular formula is C14H19N3S. The average Bonchev–Trinajstić information content (AvgIpc) is 2.84. The molecule has 2 rings (SSSR count). The van der Waals surface area contributed by atoms with Gasteiger partial charge in [-0.25, -0.2) is 0 Å². The molecule has 0 atom stereocenters. The van der Waals surface area contributed by atoms with Gasteiger partial charge >= 0.3 is 0 Å². The summed E-state index contributed by atoms with van der Waals surface area (Å²) in [6.07, 6.45) is 2.12. The Labute approximate surface area is 112 Å². The smallest absolute Gasteiger partial charge is 0.147 e. The zero-order valence-corrected chi connectivity index (χ0v) is 11.7. The van der Waals surface area contributed by atoms with Crippen molar-refractivity contribution in [3.63, 3.8) is 0 Å². The molecule has 18 heavy (non-hydrogen) atoms. The monoisotopic (exact) mass is 261 g/mol. The molecule has 96 valence electrons. The van der Waals surface area contributed by atoms with Gasteiger partial charge in [0.25, 0.3) is 0 Å². The van der Waals surface area contributed by atoms with E-state index in [4.69, 9.17) is 0 Å². The molecule has 0 spiro atoms. The summed E-state index contributed by atoms with van der Waals surface area (Å²) in [5.41, 5.74) is 1.15. The van der Waals surface area contributed by atoms with Crippen LogP contribution < -0.4 is 5.32 Å². The van der Waals surface area contributed by atoms with Crippen molar-refractivity contribution in [3.05, 3.63) is 35.3 Å². The second-order valence-corrected chi connectivity index (χ2v) is 5.64. The Kier molecular flexibility index (Phi) is 4.84. The van der Waals surface area contributed by atoms with E-state index in [2.05, 4.69) is 41.5 Å². The van der Waals surface area contributed by atoms with Gasteiger partial charge < -0.3 is 5.32 Å². The van der Waals surface area contributed by atoms with E-state index in [0.717, 1.165) is 35.0 Å². The van der Waals surface area contributed by atoms with Crippen molar-refractivity contribution in [1.82, 2.24) is 15.5 Å². The Morgan fingerprint density at radius 3 is 2.67 bits per heavy atom. The van der Waals surface area contributed by atoms with Gasteiger partial charge in [-0.15, -0.1) is 10.2 Å². The van der Waals surface area contributed by atoms with Crippen molar-refractivity contribution >= 4 is 11.3 Å². The predicted octanol–water partition coefficient (Wildman–Crippen LogP) is 3.14. The van der Waals surface area contributed by atoms with Gasteiger partial charge in [0.15, 0.2) is 0 Å². The van der Waals surface area contributed by atoms with Gasteiger partial charge in [-0.05, 0) is 13.0 Å². The third-order valence-corrected chi connectivity index (χ3v) is 3.64. The highest BCUT2D eigenvalue weighted by Gasteiger charge is 2.05. The summed E-state index contributed by atoms with van der Waals surface area (Å²) in [7, 11) is 0. The Bertz CT molecular complexity index is 465. The SMILES string of the molecule is CC(C)NCCCc1nnc(-c2ccccc2)s1. The minimum Gasteiger partial charge on any atom is -0.315 e. The van der Waals surface area contributed by atoms with Crippen LogP contribution in [-0.2, 0) is 6.42 Å². The van der Waals surface area contributed by atoms with Crippen molar-refractivity contribution in [2.75, 3.05) is 6.54 Å². The van der Waals surface area contributed by atoms with Gasteiger partial charge in [-0.2, -0.15) is 0 Å². The number of aryl methyl sites for hydroxylation is 1. The fraction of sp³-hybridized carbons (Fsp3) is 0.429. The molecular weight excluding hydrogens is 242 g/mol. The van der Waals surface area contributed by atoms with E-state index < -0.39 is 0 Å². The summed E-state index contributed by atoms with van der Waals surface area (Å²) >= 11 is 1.69. The highest BCUT2D eigenvalue weighted by Crippen LogP contribution is 2.23. The quantitative estimate of drug-likeness (QED) is 0.812. The maximum absolute atomic E-state index is 4.25. The number of hydrogen-bond acceptors (Lipinski definition) is 4. The minimum absolute atomic E-state index is 0.555. The van der Waals surface area contributed by atoms with Crippen LogP contribution in [0.15, 0.2) is 30.3 Å². The Morgan fingerprint density at radius 2 is 1.94 bits per heavy atom. The molecule has 1 aromatic carbocycles. The van der Waals surface area contributed by atoms with Gasteiger partial charge in [0.2, 0.25) is 0 Å². The molecule has 0 amide bonds. The van der Waals surface area contributed by atoms with Crippen LogP contribution in [0.1, 0.15) is 25.3 Å². The van der Waals surface area contributed by atoms with E-state index in [-0.39, 0.29) is 0 Å². The molecule has 0 aliphatic rings. The van der Waals surface area contributed by atoms with Crippen LogP contribution in [0.2, 0.25) is 0 Å². The first kappa shape index (κ1) is 13.2. The van der Waals surface area contributed by atoms with Crippen LogP contribution in [0.5, 0.6) is 0 Å². The third-order valence-electron chi connectivity index (χ3n) is 2.61.